The highest BCUT2D eigenvalue weighted by Crippen LogP contribution is 2.02. The number of aliphatic imine (C=N–C) groups is 1. The molecule has 21 heavy (non-hydrogen) atoms. The van der Waals surface area contributed by atoms with Gasteiger partial charge in [-0.3, -0.25) is 9.79 Å². The van der Waals surface area contributed by atoms with Crippen LogP contribution in [0.15, 0.2) is 29.3 Å². The standard InChI is InChI=1S/C16H26N4O/c1-12(2)20-15(21)9-10-18-16(17-4)19-11-14-7-5-13(3)6-8-14/h5-8,12H,9-11H2,1-4H3,(H,20,21)(H2,17,18,19). The molecule has 3 N–H and O–H groups in total. The van der Waals surface area contributed by atoms with E-state index in [0.29, 0.717) is 25.5 Å². The van der Waals surface area contributed by atoms with Crippen LogP contribution >= 0.6 is 0 Å². The molecule has 0 spiro atoms. The molecule has 1 aromatic rings. The first kappa shape index (κ1) is 17.0. The van der Waals surface area contributed by atoms with Gasteiger partial charge in [0.25, 0.3) is 0 Å². The summed E-state index contributed by atoms with van der Waals surface area (Å²) in [5.41, 5.74) is 2.44. The third kappa shape index (κ3) is 7.34. The molecule has 1 aromatic carbocycles. The molecular formula is C16H26N4O. The predicted molar refractivity (Wildman–Crippen MR) is 87.3 cm³/mol. The van der Waals surface area contributed by atoms with Gasteiger partial charge in [0.1, 0.15) is 0 Å². The molecule has 0 fully saturated rings. The van der Waals surface area contributed by atoms with Crippen molar-refractivity contribution in [3.05, 3.63) is 35.4 Å². The van der Waals surface area contributed by atoms with Gasteiger partial charge in [0.15, 0.2) is 5.96 Å². The largest absolute Gasteiger partial charge is 0.356 e. The van der Waals surface area contributed by atoms with Gasteiger partial charge in [0.2, 0.25) is 5.91 Å². The van der Waals surface area contributed by atoms with Gasteiger partial charge in [-0.25, -0.2) is 0 Å². The van der Waals surface area contributed by atoms with Gasteiger partial charge in [0, 0.05) is 32.6 Å². The Bertz CT molecular complexity index is 466. The Kier molecular flexibility index (Phi) is 7.29. The zero-order valence-electron chi connectivity index (χ0n) is 13.4. The molecule has 0 aliphatic rings. The Morgan fingerprint density at radius 3 is 2.43 bits per heavy atom. The number of rotatable bonds is 6. The van der Waals surface area contributed by atoms with Crippen molar-refractivity contribution in [3.63, 3.8) is 0 Å². The number of hydrogen-bond donors (Lipinski definition) is 3. The molecule has 0 aromatic heterocycles. The SMILES string of the molecule is CN=C(NCCC(=O)NC(C)C)NCc1ccc(C)cc1. The first-order valence-corrected chi connectivity index (χ1v) is 7.30. The average molecular weight is 290 g/mol. The Hall–Kier alpha value is -2.04. The molecular weight excluding hydrogens is 264 g/mol. The molecule has 116 valence electrons. The third-order valence-electron chi connectivity index (χ3n) is 2.90. The second kappa shape index (κ2) is 9.00. The molecule has 1 amide bonds. The van der Waals surface area contributed by atoms with Crippen molar-refractivity contribution in [1.82, 2.24) is 16.0 Å². The van der Waals surface area contributed by atoms with Crippen LogP contribution in [0.25, 0.3) is 0 Å². The van der Waals surface area contributed by atoms with Crippen LogP contribution < -0.4 is 16.0 Å². The molecule has 1 rings (SSSR count). The lowest BCUT2D eigenvalue weighted by molar-refractivity contribution is -0.121. The van der Waals surface area contributed by atoms with Crippen molar-refractivity contribution in [2.45, 2.75) is 39.8 Å². The van der Waals surface area contributed by atoms with E-state index in [9.17, 15) is 4.79 Å². The van der Waals surface area contributed by atoms with Gasteiger partial charge in [-0.15, -0.1) is 0 Å². The molecule has 5 nitrogen and oxygen atoms in total. The highest BCUT2D eigenvalue weighted by molar-refractivity contribution is 5.81. The minimum atomic E-state index is 0.0477. The maximum absolute atomic E-state index is 11.5. The minimum Gasteiger partial charge on any atom is -0.356 e. The van der Waals surface area contributed by atoms with Crippen LogP contribution in [0.4, 0.5) is 0 Å². The molecule has 5 heteroatoms. The van der Waals surface area contributed by atoms with Crippen molar-refractivity contribution in [2.24, 2.45) is 4.99 Å². The van der Waals surface area contributed by atoms with Crippen molar-refractivity contribution < 1.29 is 4.79 Å². The highest BCUT2D eigenvalue weighted by Gasteiger charge is 2.04. The summed E-state index contributed by atoms with van der Waals surface area (Å²) in [5.74, 6) is 0.749. The lowest BCUT2D eigenvalue weighted by Gasteiger charge is -2.13. The number of carbonyl (C=O) groups is 1. The summed E-state index contributed by atoms with van der Waals surface area (Å²) >= 11 is 0. The van der Waals surface area contributed by atoms with Crippen LogP contribution in [-0.4, -0.2) is 31.5 Å². The van der Waals surface area contributed by atoms with E-state index in [4.69, 9.17) is 0 Å². The highest BCUT2D eigenvalue weighted by atomic mass is 16.1. The number of amides is 1. The third-order valence-corrected chi connectivity index (χ3v) is 2.90. The first-order chi connectivity index (χ1) is 10.0. The van der Waals surface area contributed by atoms with Crippen LogP contribution in [0.3, 0.4) is 0 Å². The van der Waals surface area contributed by atoms with E-state index in [1.54, 1.807) is 7.05 Å². The minimum absolute atomic E-state index is 0.0477. The van der Waals surface area contributed by atoms with Gasteiger partial charge in [-0.05, 0) is 26.3 Å². The van der Waals surface area contributed by atoms with Crippen LogP contribution in [0.1, 0.15) is 31.4 Å². The Morgan fingerprint density at radius 2 is 1.86 bits per heavy atom. The van der Waals surface area contributed by atoms with Crippen LogP contribution in [-0.2, 0) is 11.3 Å². The number of carbonyl (C=O) groups excluding carboxylic acids is 1. The van der Waals surface area contributed by atoms with Crippen molar-refractivity contribution >= 4 is 11.9 Å². The smallest absolute Gasteiger partial charge is 0.221 e. The number of nitrogens with zero attached hydrogens (tertiary/aromatic N) is 1. The summed E-state index contributed by atoms with van der Waals surface area (Å²) in [5, 5.41) is 9.22. The van der Waals surface area contributed by atoms with E-state index in [2.05, 4.69) is 52.1 Å². The summed E-state index contributed by atoms with van der Waals surface area (Å²) < 4.78 is 0. The van der Waals surface area contributed by atoms with Crippen molar-refractivity contribution in [2.75, 3.05) is 13.6 Å². The molecule has 0 aliphatic carbocycles. The topological polar surface area (TPSA) is 65.5 Å². The van der Waals surface area contributed by atoms with Gasteiger partial charge < -0.3 is 16.0 Å². The summed E-state index contributed by atoms with van der Waals surface area (Å²) in [7, 11) is 1.72. The van der Waals surface area contributed by atoms with Gasteiger partial charge in [-0.2, -0.15) is 0 Å². The predicted octanol–water partition coefficient (Wildman–Crippen LogP) is 1.57. The average Bonchev–Trinajstić information content (AvgIpc) is 2.43. The van der Waals surface area contributed by atoms with E-state index < -0.39 is 0 Å². The van der Waals surface area contributed by atoms with Crippen molar-refractivity contribution in [1.29, 1.82) is 0 Å². The van der Waals surface area contributed by atoms with Crippen LogP contribution in [0.5, 0.6) is 0 Å². The maximum atomic E-state index is 11.5. The molecule has 0 bridgehead atoms. The van der Waals surface area contributed by atoms with Crippen molar-refractivity contribution in [3.8, 4) is 0 Å². The quantitative estimate of drug-likeness (QED) is 0.550. The van der Waals surface area contributed by atoms with E-state index in [1.165, 1.54) is 11.1 Å². The fourth-order valence-electron chi connectivity index (χ4n) is 1.80. The number of hydrogen-bond acceptors (Lipinski definition) is 2. The van der Waals surface area contributed by atoms with Gasteiger partial charge in [0.05, 0.1) is 0 Å². The molecule has 0 unspecified atom stereocenters. The van der Waals surface area contributed by atoms with E-state index in [1.807, 2.05) is 13.8 Å². The summed E-state index contributed by atoms with van der Waals surface area (Å²) in [6.07, 6.45) is 0.434. The normalized spacial score (nSPS) is 11.4. The van der Waals surface area contributed by atoms with Crippen LogP contribution in [0, 0.1) is 6.92 Å². The van der Waals surface area contributed by atoms with E-state index in [-0.39, 0.29) is 11.9 Å². The molecule has 0 atom stereocenters. The summed E-state index contributed by atoms with van der Waals surface area (Å²) in [4.78, 5) is 15.7. The van der Waals surface area contributed by atoms with Gasteiger partial charge >= 0.3 is 0 Å². The van der Waals surface area contributed by atoms with Gasteiger partial charge in [-0.1, -0.05) is 29.8 Å². The fourth-order valence-corrected chi connectivity index (χ4v) is 1.80. The van der Waals surface area contributed by atoms with E-state index >= 15 is 0 Å². The Labute approximate surface area is 127 Å². The first-order valence-electron chi connectivity index (χ1n) is 7.30. The number of benzene rings is 1. The molecule has 0 radical (unpaired) electrons. The second-order valence-corrected chi connectivity index (χ2v) is 5.31. The summed E-state index contributed by atoms with van der Waals surface area (Å²) in [6, 6.07) is 8.53. The fraction of sp³-hybridized carbons (Fsp3) is 0.500. The Morgan fingerprint density at radius 1 is 1.19 bits per heavy atom. The monoisotopic (exact) mass is 290 g/mol. The summed E-state index contributed by atoms with van der Waals surface area (Å²) in [6.45, 7) is 7.24. The molecule has 0 aliphatic heterocycles. The molecule has 0 saturated heterocycles. The lowest BCUT2D eigenvalue weighted by Crippen LogP contribution is -2.39. The van der Waals surface area contributed by atoms with Crippen LogP contribution in [0.2, 0.25) is 0 Å². The molecule has 0 heterocycles. The second-order valence-electron chi connectivity index (χ2n) is 5.31. The number of aryl methyl sites for hydroxylation is 1. The number of guanidine groups is 1. The lowest BCUT2D eigenvalue weighted by atomic mass is 10.1. The van der Waals surface area contributed by atoms with E-state index in [0.717, 1.165) is 0 Å². The zero-order valence-corrected chi connectivity index (χ0v) is 13.4. The maximum Gasteiger partial charge on any atom is 0.221 e. The zero-order chi connectivity index (χ0) is 15.7. The Balaban J connectivity index is 2.29. The number of nitrogens with one attached hydrogen (secondary N) is 3. The molecule has 0 saturated carbocycles.